The SMILES string of the molecule is Clc1cccc(-c2ccccc2)c1Cl.Nc1ccccc1.c1ccc(Nc2cccc(-c3ccccc3)c2Nc2ccccc2)cc1. The standard InChI is InChI=1S/C24H20N2.C12H8Cl2.C6H7N/c1-4-11-19(12-5-1)22-17-10-18-23(25-20-13-6-2-7-14-20)24(22)26-21-15-8-3-9-16-21;13-11-8-4-7-10(12(11)14)9-5-2-1-3-6-9;7-6-4-2-1-3-5-6/h1-18,25-26H;1-8H;1-5H,7H2. The van der Waals surface area contributed by atoms with Crippen molar-refractivity contribution in [3.63, 3.8) is 0 Å². The van der Waals surface area contributed by atoms with Gasteiger partial charge in [0.15, 0.2) is 0 Å². The highest BCUT2D eigenvalue weighted by molar-refractivity contribution is 6.43. The van der Waals surface area contributed by atoms with Crippen molar-refractivity contribution in [2.75, 3.05) is 16.4 Å². The molecule has 0 aliphatic heterocycles. The zero-order valence-electron chi connectivity index (χ0n) is 25.7. The normalized spacial score (nSPS) is 10.0. The van der Waals surface area contributed by atoms with Crippen molar-refractivity contribution in [2.24, 2.45) is 0 Å². The molecular formula is C42H35Cl2N3. The smallest absolute Gasteiger partial charge is 0.0703 e. The summed E-state index contributed by atoms with van der Waals surface area (Å²) in [5.74, 6) is 0. The molecular weight excluding hydrogens is 617 g/mol. The van der Waals surface area contributed by atoms with Crippen molar-refractivity contribution >= 4 is 51.6 Å². The van der Waals surface area contributed by atoms with E-state index in [9.17, 15) is 0 Å². The Morgan fingerprint density at radius 2 is 0.809 bits per heavy atom. The summed E-state index contributed by atoms with van der Waals surface area (Å²) >= 11 is 12.0. The van der Waals surface area contributed by atoms with E-state index in [1.807, 2.05) is 115 Å². The maximum absolute atomic E-state index is 6.10. The number of halogens is 2. The Kier molecular flexibility index (Phi) is 12.1. The van der Waals surface area contributed by atoms with Gasteiger partial charge in [0.05, 0.1) is 21.4 Å². The second-order valence-corrected chi connectivity index (χ2v) is 11.2. The molecule has 0 spiro atoms. The molecule has 0 aliphatic carbocycles. The van der Waals surface area contributed by atoms with E-state index in [2.05, 4.69) is 77.4 Å². The Balaban J connectivity index is 0.000000171. The van der Waals surface area contributed by atoms with Crippen LogP contribution in [0.1, 0.15) is 0 Å². The van der Waals surface area contributed by atoms with E-state index < -0.39 is 0 Å². The van der Waals surface area contributed by atoms with Gasteiger partial charge in [-0.1, -0.05) is 163 Å². The number of para-hydroxylation sites is 4. The minimum absolute atomic E-state index is 0.591. The van der Waals surface area contributed by atoms with E-state index in [0.29, 0.717) is 10.0 Å². The van der Waals surface area contributed by atoms with Gasteiger partial charge in [-0.3, -0.25) is 0 Å². The molecule has 0 bridgehead atoms. The van der Waals surface area contributed by atoms with Crippen LogP contribution in [0, 0.1) is 0 Å². The number of anilines is 5. The maximum Gasteiger partial charge on any atom is 0.0703 e. The fourth-order valence-corrected chi connectivity index (χ4v) is 5.20. The molecule has 7 aromatic carbocycles. The molecule has 232 valence electrons. The van der Waals surface area contributed by atoms with Crippen LogP contribution in [-0.2, 0) is 0 Å². The van der Waals surface area contributed by atoms with Gasteiger partial charge in [-0.25, -0.2) is 0 Å². The summed E-state index contributed by atoms with van der Waals surface area (Å²) in [7, 11) is 0. The lowest BCUT2D eigenvalue weighted by atomic mass is 10.0. The predicted molar refractivity (Wildman–Crippen MR) is 204 cm³/mol. The van der Waals surface area contributed by atoms with Crippen LogP contribution in [0.25, 0.3) is 22.3 Å². The van der Waals surface area contributed by atoms with Crippen molar-refractivity contribution < 1.29 is 0 Å². The van der Waals surface area contributed by atoms with E-state index in [1.54, 1.807) is 6.07 Å². The molecule has 4 N–H and O–H groups in total. The fourth-order valence-electron chi connectivity index (χ4n) is 4.79. The molecule has 7 aromatic rings. The zero-order valence-corrected chi connectivity index (χ0v) is 27.2. The molecule has 0 saturated carbocycles. The van der Waals surface area contributed by atoms with Crippen LogP contribution in [0.4, 0.5) is 28.4 Å². The second kappa shape index (κ2) is 17.3. The van der Waals surface area contributed by atoms with Crippen molar-refractivity contribution in [3.8, 4) is 22.3 Å². The molecule has 5 heteroatoms. The van der Waals surface area contributed by atoms with Crippen LogP contribution in [0.15, 0.2) is 188 Å². The van der Waals surface area contributed by atoms with E-state index >= 15 is 0 Å². The van der Waals surface area contributed by atoms with Gasteiger partial charge in [0.2, 0.25) is 0 Å². The molecule has 47 heavy (non-hydrogen) atoms. The van der Waals surface area contributed by atoms with Gasteiger partial charge in [-0.2, -0.15) is 0 Å². The summed E-state index contributed by atoms with van der Waals surface area (Å²) in [6, 6.07) is 62.4. The number of nitrogens with one attached hydrogen (secondary N) is 2. The lowest BCUT2D eigenvalue weighted by Crippen LogP contribution is -1.99. The van der Waals surface area contributed by atoms with Crippen molar-refractivity contribution in [2.45, 2.75) is 0 Å². The monoisotopic (exact) mass is 651 g/mol. The quantitative estimate of drug-likeness (QED) is 0.157. The Bertz CT molecular complexity index is 1940. The topological polar surface area (TPSA) is 50.1 Å². The number of nitrogen functional groups attached to an aromatic ring is 1. The minimum atomic E-state index is 0.591. The molecule has 0 atom stereocenters. The van der Waals surface area contributed by atoms with E-state index in [-0.39, 0.29) is 0 Å². The summed E-state index contributed by atoms with van der Waals surface area (Å²) in [5.41, 5.74) is 14.8. The molecule has 0 radical (unpaired) electrons. The van der Waals surface area contributed by atoms with E-state index in [4.69, 9.17) is 28.9 Å². The second-order valence-electron chi connectivity index (χ2n) is 10.5. The van der Waals surface area contributed by atoms with Crippen molar-refractivity contribution in [1.82, 2.24) is 0 Å². The van der Waals surface area contributed by atoms with Crippen LogP contribution < -0.4 is 16.4 Å². The summed E-state index contributed by atoms with van der Waals surface area (Å²) < 4.78 is 0. The summed E-state index contributed by atoms with van der Waals surface area (Å²) in [5, 5.41) is 8.34. The van der Waals surface area contributed by atoms with Crippen molar-refractivity contribution in [1.29, 1.82) is 0 Å². The van der Waals surface area contributed by atoms with Gasteiger partial charge in [-0.05, 0) is 59.7 Å². The molecule has 0 fully saturated rings. The summed E-state index contributed by atoms with van der Waals surface area (Å²) in [4.78, 5) is 0. The molecule has 0 unspecified atom stereocenters. The molecule has 0 heterocycles. The number of rotatable bonds is 6. The first-order valence-electron chi connectivity index (χ1n) is 15.2. The molecule has 0 aliphatic rings. The molecule has 3 nitrogen and oxygen atoms in total. The first kappa shape index (κ1) is 32.9. The first-order chi connectivity index (χ1) is 23.1. The van der Waals surface area contributed by atoms with Crippen LogP contribution in [-0.4, -0.2) is 0 Å². The first-order valence-corrected chi connectivity index (χ1v) is 16.0. The zero-order chi connectivity index (χ0) is 32.7. The Hall–Kier alpha value is -5.48. The highest BCUT2D eigenvalue weighted by Crippen LogP contribution is 2.38. The Morgan fingerprint density at radius 1 is 0.383 bits per heavy atom. The largest absolute Gasteiger partial charge is 0.399 e. The number of nitrogens with two attached hydrogens (primary N) is 1. The fraction of sp³-hybridized carbons (Fsp3) is 0. The molecule has 0 aromatic heterocycles. The average Bonchev–Trinajstić information content (AvgIpc) is 3.13. The lowest BCUT2D eigenvalue weighted by molar-refractivity contribution is 1.49. The van der Waals surface area contributed by atoms with Gasteiger partial charge in [0.25, 0.3) is 0 Å². The molecule has 7 rings (SSSR count). The lowest BCUT2D eigenvalue weighted by Gasteiger charge is -2.18. The van der Waals surface area contributed by atoms with Crippen LogP contribution in [0.5, 0.6) is 0 Å². The minimum Gasteiger partial charge on any atom is -0.399 e. The van der Waals surface area contributed by atoms with Crippen molar-refractivity contribution in [3.05, 3.63) is 198 Å². The van der Waals surface area contributed by atoms with E-state index in [1.165, 1.54) is 5.56 Å². The van der Waals surface area contributed by atoms with Gasteiger partial charge < -0.3 is 16.4 Å². The molecule has 0 saturated heterocycles. The van der Waals surface area contributed by atoms with Crippen LogP contribution >= 0.6 is 23.2 Å². The third kappa shape index (κ3) is 9.75. The van der Waals surface area contributed by atoms with Crippen LogP contribution in [0.2, 0.25) is 10.0 Å². The third-order valence-electron chi connectivity index (χ3n) is 7.08. The number of benzene rings is 7. The van der Waals surface area contributed by atoms with Crippen LogP contribution in [0.3, 0.4) is 0 Å². The number of hydrogen-bond donors (Lipinski definition) is 3. The maximum atomic E-state index is 6.10. The van der Waals surface area contributed by atoms with Gasteiger partial charge in [0, 0.05) is 28.2 Å². The highest BCUT2D eigenvalue weighted by atomic mass is 35.5. The predicted octanol–water partition coefficient (Wildman–Crippen LogP) is 12.8. The highest BCUT2D eigenvalue weighted by Gasteiger charge is 2.11. The van der Waals surface area contributed by atoms with E-state index in [0.717, 1.165) is 45.1 Å². The van der Waals surface area contributed by atoms with Gasteiger partial charge in [-0.15, -0.1) is 0 Å². The summed E-state index contributed by atoms with van der Waals surface area (Å²) in [6.07, 6.45) is 0. The average molecular weight is 653 g/mol. The Labute approximate surface area is 287 Å². The van der Waals surface area contributed by atoms with Gasteiger partial charge in [0.1, 0.15) is 0 Å². The Morgan fingerprint density at radius 3 is 1.32 bits per heavy atom. The molecule has 0 amide bonds. The number of hydrogen-bond acceptors (Lipinski definition) is 3. The third-order valence-corrected chi connectivity index (χ3v) is 7.90. The van der Waals surface area contributed by atoms with Gasteiger partial charge >= 0.3 is 0 Å². The summed E-state index contributed by atoms with van der Waals surface area (Å²) in [6.45, 7) is 0.